The highest BCUT2D eigenvalue weighted by Gasteiger charge is 2.44. The molecule has 0 spiro atoms. The Morgan fingerprint density at radius 2 is 1.86 bits per heavy atom. The molecule has 1 atom stereocenters. The fraction of sp³-hybridized carbons (Fsp3) is 0.529. The summed E-state index contributed by atoms with van der Waals surface area (Å²) in [5.74, 6) is -0.0533. The number of aliphatic hydroxyl groups is 1. The van der Waals surface area contributed by atoms with Crippen molar-refractivity contribution in [1.29, 1.82) is 0 Å². The Hall–Kier alpha value is -1.88. The SMILES string of the molecule is CC(=O)N1CCC[C@@]1(CO)CC(=O)N1Cc2ccccc2C1. The quantitative estimate of drug-likeness (QED) is 0.915. The summed E-state index contributed by atoms with van der Waals surface area (Å²) in [5.41, 5.74) is 1.66. The lowest BCUT2D eigenvalue weighted by Crippen LogP contribution is -2.52. The lowest BCUT2D eigenvalue weighted by atomic mass is 9.92. The molecule has 2 aliphatic heterocycles. The third-order valence-electron chi connectivity index (χ3n) is 4.94. The second-order valence-electron chi connectivity index (χ2n) is 6.35. The normalized spacial score (nSPS) is 23.7. The predicted octanol–water partition coefficient (Wildman–Crippen LogP) is 1.29. The second-order valence-corrected chi connectivity index (χ2v) is 6.35. The van der Waals surface area contributed by atoms with Gasteiger partial charge in [0.25, 0.3) is 0 Å². The van der Waals surface area contributed by atoms with Gasteiger partial charge in [-0.25, -0.2) is 0 Å². The van der Waals surface area contributed by atoms with E-state index in [-0.39, 0.29) is 24.8 Å². The first-order valence-electron chi connectivity index (χ1n) is 7.79. The Labute approximate surface area is 130 Å². The van der Waals surface area contributed by atoms with Gasteiger partial charge < -0.3 is 14.9 Å². The van der Waals surface area contributed by atoms with E-state index in [0.717, 1.165) is 6.42 Å². The Kier molecular flexibility index (Phi) is 3.91. The summed E-state index contributed by atoms with van der Waals surface area (Å²) in [6, 6.07) is 8.05. The average Bonchev–Trinajstić information content (AvgIpc) is 3.11. The van der Waals surface area contributed by atoms with Crippen LogP contribution in [0.15, 0.2) is 24.3 Å². The van der Waals surface area contributed by atoms with E-state index >= 15 is 0 Å². The standard InChI is InChI=1S/C17H22N2O3/c1-13(21)19-8-4-7-17(19,12-20)9-16(22)18-10-14-5-2-3-6-15(14)11-18/h2-3,5-6,20H,4,7-12H2,1H3/t17-/m0/s1. The van der Waals surface area contributed by atoms with Crippen molar-refractivity contribution in [3.05, 3.63) is 35.4 Å². The van der Waals surface area contributed by atoms with E-state index < -0.39 is 5.54 Å². The van der Waals surface area contributed by atoms with Crippen LogP contribution in [0.5, 0.6) is 0 Å². The molecule has 22 heavy (non-hydrogen) atoms. The third-order valence-corrected chi connectivity index (χ3v) is 4.94. The summed E-state index contributed by atoms with van der Waals surface area (Å²) in [5, 5.41) is 9.84. The molecule has 0 saturated carbocycles. The molecule has 1 aromatic rings. The number of rotatable bonds is 3. The summed E-state index contributed by atoms with van der Waals surface area (Å²) in [4.78, 5) is 28.0. The van der Waals surface area contributed by atoms with Gasteiger partial charge in [0.05, 0.1) is 18.6 Å². The summed E-state index contributed by atoms with van der Waals surface area (Å²) in [7, 11) is 0. The Balaban J connectivity index is 1.73. The number of carbonyl (C=O) groups is 2. The second kappa shape index (κ2) is 5.72. The number of nitrogens with zero attached hydrogens (tertiary/aromatic N) is 2. The molecular formula is C17H22N2O3. The van der Waals surface area contributed by atoms with E-state index in [2.05, 4.69) is 0 Å². The molecule has 2 heterocycles. The van der Waals surface area contributed by atoms with Crippen molar-refractivity contribution in [3.8, 4) is 0 Å². The number of fused-ring (bicyclic) bond motifs is 1. The zero-order valence-corrected chi connectivity index (χ0v) is 12.9. The minimum atomic E-state index is -0.711. The van der Waals surface area contributed by atoms with Crippen LogP contribution in [0.4, 0.5) is 0 Å². The van der Waals surface area contributed by atoms with Crippen molar-refractivity contribution in [2.24, 2.45) is 0 Å². The van der Waals surface area contributed by atoms with Crippen LogP contribution in [-0.2, 0) is 22.7 Å². The van der Waals surface area contributed by atoms with Crippen LogP contribution >= 0.6 is 0 Å². The molecule has 0 radical (unpaired) electrons. The molecule has 3 rings (SSSR count). The molecule has 5 heteroatoms. The maximum absolute atomic E-state index is 12.7. The molecular weight excluding hydrogens is 280 g/mol. The number of carbonyl (C=O) groups excluding carboxylic acids is 2. The van der Waals surface area contributed by atoms with Gasteiger partial charge in [-0.3, -0.25) is 9.59 Å². The van der Waals surface area contributed by atoms with Gasteiger partial charge in [0.1, 0.15) is 0 Å². The molecule has 1 aromatic carbocycles. The number of aliphatic hydroxyl groups excluding tert-OH is 1. The first-order valence-corrected chi connectivity index (χ1v) is 7.79. The molecule has 1 fully saturated rings. The largest absolute Gasteiger partial charge is 0.394 e. The van der Waals surface area contributed by atoms with Gasteiger partial charge in [0.2, 0.25) is 11.8 Å². The number of amides is 2. The van der Waals surface area contributed by atoms with Crippen LogP contribution < -0.4 is 0 Å². The molecule has 0 bridgehead atoms. The molecule has 0 unspecified atom stereocenters. The molecule has 1 saturated heterocycles. The monoisotopic (exact) mass is 302 g/mol. The highest BCUT2D eigenvalue weighted by molar-refractivity contribution is 5.81. The van der Waals surface area contributed by atoms with Crippen molar-refractivity contribution >= 4 is 11.8 Å². The number of likely N-dealkylation sites (tertiary alicyclic amines) is 1. The predicted molar refractivity (Wildman–Crippen MR) is 81.8 cm³/mol. The Morgan fingerprint density at radius 1 is 1.23 bits per heavy atom. The lowest BCUT2D eigenvalue weighted by molar-refractivity contribution is -0.141. The molecule has 118 valence electrons. The molecule has 2 aliphatic rings. The summed E-state index contributed by atoms with van der Waals surface area (Å²) in [6.07, 6.45) is 1.74. The van der Waals surface area contributed by atoms with Gasteiger partial charge in [-0.05, 0) is 24.0 Å². The minimum Gasteiger partial charge on any atom is -0.394 e. The van der Waals surface area contributed by atoms with Gasteiger partial charge in [0, 0.05) is 26.6 Å². The average molecular weight is 302 g/mol. The Morgan fingerprint density at radius 3 is 2.41 bits per heavy atom. The van der Waals surface area contributed by atoms with Crippen LogP contribution in [-0.4, -0.2) is 45.4 Å². The summed E-state index contributed by atoms with van der Waals surface area (Å²) >= 11 is 0. The van der Waals surface area contributed by atoms with E-state index in [1.165, 1.54) is 18.1 Å². The van der Waals surface area contributed by atoms with Crippen LogP contribution in [0, 0.1) is 0 Å². The fourth-order valence-corrected chi connectivity index (χ4v) is 3.74. The maximum atomic E-state index is 12.7. The highest BCUT2D eigenvalue weighted by atomic mass is 16.3. The molecule has 0 aromatic heterocycles. The number of hydrogen-bond acceptors (Lipinski definition) is 3. The van der Waals surface area contributed by atoms with Crippen molar-refractivity contribution < 1.29 is 14.7 Å². The van der Waals surface area contributed by atoms with E-state index in [4.69, 9.17) is 0 Å². The zero-order chi connectivity index (χ0) is 15.7. The molecule has 2 amide bonds. The van der Waals surface area contributed by atoms with Crippen LogP contribution in [0.1, 0.15) is 37.3 Å². The molecule has 1 N–H and O–H groups in total. The van der Waals surface area contributed by atoms with Gasteiger partial charge in [0.15, 0.2) is 0 Å². The fourth-order valence-electron chi connectivity index (χ4n) is 3.74. The molecule has 5 nitrogen and oxygen atoms in total. The smallest absolute Gasteiger partial charge is 0.225 e. The van der Waals surface area contributed by atoms with Crippen molar-refractivity contribution in [3.63, 3.8) is 0 Å². The van der Waals surface area contributed by atoms with Gasteiger partial charge >= 0.3 is 0 Å². The van der Waals surface area contributed by atoms with E-state index in [1.54, 1.807) is 4.90 Å². The topological polar surface area (TPSA) is 60.9 Å². The maximum Gasteiger partial charge on any atom is 0.225 e. The van der Waals surface area contributed by atoms with Gasteiger partial charge in [-0.15, -0.1) is 0 Å². The van der Waals surface area contributed by atoms with Crippen molar-refractivity contribution in [2.75, 3.05) is 13.2 Å². The summed E-state index contributed by atoms with van der Waals surface area (Å²) < 4.78 is 0. The van der Waals surface area contributed by atoms with Gasteiger partial charge in [-0.2, -0.15) is 0 Å². The van der Waals surface area contributed by atoms with E-state index in [0.29, 0.717) is 26.1 Å². The van der Waals surface area contributed by atoms with Crippen LogP contribution in [0.3, 0.4) is 0 Å². The molecule has 0 aliphatic carbocycles. The van der Waals surface area contributed by atoms with E-state index in [1.807, 2.05) is 29.2 Å². The van der Waals surface area contributed by atoms with E-state index in [9.17, 15) is 14.7 Å². The number of benzene rings is 1. The Bertz CT molecular complexity index is 576. The lowest BCUT2D eigenvalue weighted by Gasteiger charge is -2.37. The van der Waals surface area contributed by atoms with Crippen LogP contribution in [0.2, 0.25) is 0 Å². The zero-order valence-electron chi connectivity index (χ0n) is 12.9. The number of hydrogen-bond donors (Lipinski definition) is 1. The van der Waals surface area contributed by atoms with Gasteiger partial charge in [-0.1, -0.05) is 24.3 Å². The van der Waals surface area contributed by atoms with Crippen molar-refractivity contribution in [2.45, 2.75) is 44.8 Å². The van der Waals surface area contributed by atoms with Crippen LogP contribution in [0.25, 0.3) is 0 Å². The minimum absolute atomic E-state index is 0.0124. The summed E-state index contributed by atoms with van der Waals surface area (Å²) in [6.45, 7) is 3.22. The first kappa shape index (κ1) is 15.0. The highest BCUT2D eigenvalue weighted by Crippen LogP contribution is 2.34. The third kappa shape index (κ3) is 2.50. The first-order chi connectivity index (χ1) is 10.6. The van der Waals surface area contributed by atoms with Crippen molar-refractivity contribution in [1.82, 2.24) is 9.80 Å².